The van der Waals surface area contributed by atoms with Crippen LogP contribution in [0.2, 0.25) is 0 Å². The first-order valence-electron chi connectivity index (χ1n) is 9.01. The quantitative estimate of drug-likeness (QED) is 0.614. The van der Waals surface area contributed by atoms with Gasteiger partial charge in [0.2, 0.25) is 5.90 Å². The third-order valence-corrected chi connectivity index (χ3v) is 4.33. The lowest BCUT2D eigenvalue weighted by Gasteiger charge is -2.12. The van der Waals surface area contributed by atoms with Crippen LogP contribution in [0.15, 0.2) is 84.0 Å². The third kappa shape index (κ3) is 3.80. The molecule has 3 aromatic carbocycles. The van der Waals surface area contributed by atoms with Crippen molar-refractivity contribution in [2.75, 3.05) is 18.3 Å². The third-order valence-electron chi connectivity index (χ3n) is 4.33. The Morgan fingerprint density at radius 1 is 0.889 bits per heavy atom. The smallest absolute Gasteiger partial charge is 0.241 e. The number of ether oxygens (including phenoxy) is 2. The molecule has 0 aliphatic carbocycles. The number of hydrogen-bond acceptors (Lipinski definition) is 4. The Morgan fingerprint density at radius 2 is 1.59 bits per heavy atom. The number of anilines is 1. The number of hydrogen-bond donors (Lipinski definition) is 0. The molecule has 4 nitrogen and oxygen atoms in total. The molecule has 0 fully saturated rings. The van der Waals surface area contributed by atoms with Gasteiger partial charge in [-0.25, -0.2) is 5.01 Å². The Balaban J connectivity index is 1.58. The van der Waals surface area contributed by atoms with Crippen molar-refractivity contribution >= 4 is 11.6 Å². The summed E-state index contributed by atoms with van der Waals surface area (Å²) in [6.45, 7) is 4.78. The minimum Gasteiger partial charge on any atom is -0.494 e. The van der Waals surface area contributed by atoms with E-state index in [0.717, 1.165) is 34.5 Å². The number of benzene rings is 3. The summed E-state index contributed by atoms with van der Waals surface area (Å²) < 4.78 is 11.5. The van der Waals surface area contributed by atoms with Gasteiger partial charge in [-0.3, -0.25) is 0 Å². The van der Waals surface area contributed by atoms with E-state index in [4.69, 9.17) is 9.47 Å². The zero-order chi connectivity index (χ0) is 18.5. The summed E-state index contributed by atoms with van der Waals surface area (Å²) in [5, 5.41) is 6.53. The lowest BCUT2D eigenvalue weighted by molar-refractivity contribution is 0.324. The number of hydrazone groups is 1. The molecule has 27 heavy (non-hydrogen) atoms. The Kier molecular flexibility index (Phi) is 5.06. The molecule has 0 N–H and O–H groups in total. The van der Waals surface area contributed by atoms with E-state index in [1.807, 2.05) is 65.7 Å². The van der Waals surface area contributed by atoms with Gasteiger partial charge in [-0.2, -0.15) is 0 Å². The van der Waals surface area contributed by atoms with Crippen LogP contribution in [0.4, 0.5) is 5.69 Å². The topological polar surface area (TPSA) is 34.1 Å². The predicted molar refractivity (Wildman–Crippen MR) is 109 cm³/mol. The highest BCUT2D eigenvalue weighted by atomic mass is 16.5. The molecular weight excluding hydrogens is 336 g/mol. The molecule has 135 valence electrons. The fourth-order valence-corrected chi connectivity index (χ4v) is 3.00. The summed E-state index contributed by atoms with van der Waals surface area (Å²) >= 11 is 0. The summed E-state index contributed by atoms with van der Waals surface area (Å²) in [5.74, 6) is 1.47. The highest BCUT2D eigenvalue weighted by Gasteiger charge is 2.21. The molecule has 0 atom stereocenters. The van der Waals surface area contributed by atoms with Crippen LogP contribution in [0.3, 0.4) is 0 Å². The van der Waals surface area contributed by atoms with Crippen molar-refractivity contribution in [3.63, 3.8) is 0 Å². The molecule has 0 spiro atoms. The van der Waals surface area contributed by atoms with E-state index in [9.17, 15) is 0 Å². The summed E-state index contributed by atoms with van der Waals surface area (Å²) in [5.41, 5.74) is 4.20. The molecule has 1 radical (unpaired) electrons. The lowest BCUT2D eigenvalue weighted by atomic mass is 10.00. The molecule has 1 aliphatic rings. The minimum atomic E-state index is 0.386. The zero-order valence-electron chi connectivity index (χ0n) is 15.0. The van der Waals surface area contributed by atoms with E-state index in [0.29, 0.717) is 19.2 Å². The van der Waals surface area contributed by atoms with Crippen LogP contribution >= 0.6 is 0 Å². The van der Waals surface area contributed by atoms with Crippen LogP contribution in [-0.2, 0) is 4.74 Å². The molecule has 4 heteroatoms. The second-order valence-corrected chi connectivity index (χ2v) is 6.19. The zero-order valence-corrected chi connectivity index (χ0v) is 15.0. The maximum atomic E-state index is 5.90. The van der Waals surface area contributed by atoms with E-state index < -0.39 is 0 Å². The van der Waals surface area contributed by atoms with Gasteiger partial charge in [-0.15, -0.1) is 5.10 Å². The van der Waals surface area contributed by atoms with Gasteiger partial charge in [0.15, 0.2) is 6.73 Å². The molecular formula is C23H21N2O2. The number of rotatable bonds is 6. The molecule has 0 saturated heterocycles. The first-order valence-corrected chi connectivity index (χ1v) is 9.01. The van der Waals surface area contributed by atoms with Gasteiger partial charge in [-0.05, 0) is 54.8 Å². The highest BCUT2D eigenvalue weighted by molar-refractivity contribution is 6.02. The Labute approximate surface area is 159 Å². The molecule has 0 amide bonds. The highest BCUT2D eigenvalue weighted by Crippen LogP contribution is 2.28. The summed E-state index contributed by atoms with van der Waals surface area (Å²) in [7, 11) is 0. The van der Waals surface area contributed by atoms with Crippen molar-refractivity contribution in [2.24, 2.45) is 5.10 Å². The number of nitrogens with zero attached hydrogens (tertiary/aromatic N) is 2. The van der Waals surface area contributed by atoms with Crippen molar-refractivity contribution in [1.82, 2.24) is 0 Å². The SMILES string of the molecule is [CH2]CCOc1ccc(N2COC(c3ccccc3-c3ccccc3)=N2)cc1. The van der Waals surface area contributed by atoms with Crippen molar-refractivity contribution < 1.29 is 9.47 Å². The normalized spacial score (nSPS) is 13.2. The summed E-state index contributed by atoms with van der Waals surface area (Å²) in [6.07, 6.45) is 0.746. The Hall–Kier alpha value is -3.27. The van der Waals surface area contributed by atoms with Crippen molar-refractivity contribution in [3.05, 3.63) is 91.3 Å². The van der Waals surface area contributed by atoms with Crippen molar-refractivity contribution in [3.8, 4) is 16.9 Å². The first kappa shape index (κ1) is 17.2. The van der Waals surface area contributed by atoms with Crippen LogP contribution in [0.5, 0.6) is 5.75 Å². The first-order chi connectivity index (χ1) is 13.3. The van der Waals surface area contributed by atoms with Gasteiger partial charge in [0.05, 0.1) is 12.3 Å². The van der Waals surface area contributed by atoms with Crippen molar-refractivity contribution in [2.45, 2.75) is 6.42 Å². The summed E-state index contributed by atoms with van der Waals surface area (Å²) in [6, 6.07) is 26.3. The van der Waals surface area contributed by atoms with E-state index in [-0.39, 0.29) is 0 Å². The average Bonchev–Trinajstić information content (AvgIpc) is 3.23. The van der Waals surface area contributed by atoms with Crippen LogP contribution in [0, 0.1) is 6.92 Å². The maximum Gasteiger partial charge on any atom is 0.241 e. The van der Waals surface area contributed by atoms with Crippen LogP contribution in [-0.4, -0.2) is 19.2 Å². The monoisotopic (exact) mass is 357 g/mol. The molecule has 0 unspecified atom stereocenters. The van der Waals surface area contributed by atoms with Crippen LogP contribution in [0.1, 0.15) is 12.0 Å². The van der Waals surface area contributed by atoms with E-state index in [2.05, 4.69) is 30.2 Å². The molecule has 4 rings (SSSR count). The van der Waals surface area contributed by atoms with E-state index in [1.54, 1.807) is 0 Å². The largest absolute Gasteiger partial charge is 0.494 e. The standard InChI is InChI=1S/C23H21N2O2/c1-2-16-26-20-14-12-19(13-15-20)25-17-27-23(24-25)22-11-7-6-10-21(22)18-8-4-3-5-9-18/h3-15H,1-2,16-17H2. The second-order valence-electron chi connectivity index (χ2n) is 6.19. The maximum absolute atomic E-state index is 5.90. The Morgan fingerprint density at radius 3 is 2.33 bits per heavy atom. The fraction of sp³-hybridized carbons (Fsp3) is 0.130. The van der Waals surface area contributed by atoms with Gasteiger partial charge in [0.1, 0.15) is 5.75 Å². The molecule has 3 aromatic rings. The van der Waals surface area contributed by atoms with E-state index in [1.165, 1.54) is 0 Å². The van der Waals surface area contributed by atoms with Gasteiger partial charge in [0, 0.05) is 5.56 Å². The van der Waals surface area contributed by atoms with Crippen LogP contribution in [0.25, 0.3) is 11.1 Å². The lowest BCUT2D eigenvalue weighted by Crippen LogP contribution is -2.12. The summed E-state index contributed by atoms with van der Waals surface area (Å²) in [4.78, 5) is 0. The van der Waals surface area contributed by atoms with Gasteiger partial charge in [0.25, 0.3) is 0 Å². The second kappa shape index (κ2) is 7.96. The van der Waals surface area contributed by atoms with Gasteiger partial charge in [-0.1, -0.05) is 48.5 Å². The minimum absolute atomic E-state index is 0.386. The Bertz CT molecular complexity index is 921. The fourth-order valence-electron chi connectivity index (χ4n) is 3.00. The van der Waals surface area contributed by atoms with E-state index >= 15 is 0 Å². The average molecular weight is 357 g/mol. The molecule has 0 saturated carbocycles. The molecule has 0 aromatic heterocycles. The molecule has 1 heterocycles. The molecule has 0 bridgehead atoms. The predicted octanol–water partition coefficient (Wildman–Crippen LogP) is 5.11. The van der Waals surface area contributed by atoms with Crippen LogP contribution < -0.4 is 9.75 Å². The van der Waals surface area contributed by atoms with Crippen molar-refractivity contribution in [1.29, 1.82) is 0 Å². The van der Waals surface area contributed by atoms with Gasteiger partial charge >= 0.3 is 0 Å². The molecule has 1 aliphatic heterocycles. The van der Waals surface area contributed by atoms with Gasteiger partial charge < -0.3 is 9.47 Å².